The Hall–Kier alpha value is -3.21. The summed E-state index contributed by atoms with van der Waals surface area (Å²) in [5.41, 5.74) is 0.121. The summed E-state index contributed by atoms with van der Waals surface area (Å²) in [6.07, 6.45) is -4.41. The molecule has 4 aromatic rings. The standard InChI is InChI=1S/C19H15F3N6OS/c1-2-27-17(29)14-5-3-4-6-15(14)23-18(27)30-11-16-24-25-26-28(16)13-9-7-12(8-10-13)19(20,21)22/h3-10H,2,11H2,1H3. The molecule has 2 aromatic heterocycles. The molecule has 0 atom stereocenters. The van der Waals surface area contributed by atoms with Crippen LogP contribution in [0.15, 0.2) is 58.5 Å². The van der Waals surface area contributed by atoms with Gasteiger partial charge in [0.2, 0.25) is 0 Å². The molecule has 7 nitrogen and oxygen atoms in total. The van der Waals surface area contributed by atoms with Crippen LogP contribution in [-0.4, -0.2) is 29.8 Å². The second-order valence-corrected chi connectivity index (χ2v) is 7.24. The van der Waals surface area contributed by atoms with E-state index in [0.29, 0.717) is 34.1 Å². The second-order valence-electron chi connectivity index (χ2n) is 6.30. The fourth-order valence-corrected chi connectivity index (χ4v) is 3.92. The summed E-state index contributed by atoms with van der Waals surface area (Å²) < 4.78 is 41.3. The van der Waals surface area contributed by atoms with Crippen LogP contribution in [-0.2, 0) is 18.5 Å². The van der Waals surface area contributed by atoms with Gasteiger partial charge in [0, 0.05) is 6.54 Å². The molecule has 0 saturated carbocycles. The molecule has 2 heterocycles. The normalized spacial score (nSPS) is 11.9. The second kappa shape index (κ2) is 7.90. The maximum Gasteiger partial charge on any atom is 0.416 e. The molecule has 2 aromatic carbocycles. The van der Waals surface area contributed by atoms with Gasteiger partial charge in [-0.15, -0.1) is 5.10 Å². The van der Waals surface area contributed by atoms with E-state index in [0.717, 1.165) is 12.1 Å². The Morgan fingerprint density at radius 3 is 2.50 bits per heavy atom. The minimum absolute atomic E-state index is 0.132. The molecule has 0 bridgehead atoms. The van der Waals surface area contributed by atoms with Crippen molar-refractivity contribution < 1.29 is 13.2 Å². The number of hydrogen-bond acceptors (Lipinski definition) is 6. The predicted octanol–water partition coefficient (Wildman–Crippen LogP) is 3.70. The van der Waals surface area contributed by atoms with E-state index in [1.54, 1.807) is 22.8 Å². The largest absolute Gasteiger partial charge is 0.416 e. The minimum atomic E-state index is -4.41. The van der Waals surface area contributed by atoms with Crippen LogP contribution in [0.3, 0.4) is 0 Å². The first-order valence-electron chi connectivity index (χ1n) is 8.95. The molecule has 4 rings (SSSR count). The number of hydrogen-bond donors (Lipinski definition) is 0. The Morgan fingerprint density at radius 2 is 1.80 bits per heavy atom. The highest BCUT2D eigenvalue weighted by atomic mass is 32.2. The lowest BCUT2D eigenvalue weighted by Crippen LogP contribution is -2.22. The van der Waals surface area contributed by atoms with Gasteiger partial charge in [0.15, 0.2) is 11.0 Å². The van der Waals surface area contributed by atoms with Crippen molar-refractivity contribution >= 4 is 22.7 Å². The van der Waals surface area contributed by atoms with E-state index < -0.39 is 11.7 Å². The van der Waals surface area contributed by atoms with Crippen LogP contribution in [0.25, 0.3) is 16.6 Å². The lowest BCUT2D eigenvalue weighted by molar-refractivity contribution is -0.137. The van der Waals surface area contributed by atoms with Crippen molar-refractivity contribution in [3.8, 4) is 5.69 Å². The number of rotatable bonds is 5. The van der Waals surface area contributed by atoms with E-state index >= 15 is 0 Å². The number of thioether (sulfide) groups is 1. The molecule has 0 amide bonds. The molecular formula is C19H15F3N6OS. The van der Waals surface area contributed by atoms with Crippen molar-refractivity contribution in [3.63, 3.8) is 0 Å². The van der Waals surface area contributed by atoms with Crippen LogP contribution in [0.5, 0.6) is 0 Å². The monoisotopic (exact) mass is 432 g/mol. The van der Waals surface area contributed by atoms with Gasteiger partial charge in [-0.1, -0.05) is 23.9 Å². The highest BCUT2D eigenvalue weighted by Gasteiger charge is 2.30. The Balaban J connectivity index is 1.62. The van der Waals surface area contributed by atoms with E-state index in [2.05, 4.69) is 20.5 Å². The summed E-state index contributed by atoms with van der Waals surface area (Å²) in [7, 11) is 0. The summed E-state index contributed by atoms with van der Waals surface area (Å²) in [6, 6.07) is 11.7. The number of fused-ring (bicyclic) bond motifs is 1. The number of tetrazole rings is 1. The van der Waals surface area contributed by atoms with Gasteiger partial charge in [-0.05, 0) is 53.7 Å². The molecule has 30 heavy (non-hydrogen) atoms. The van der Waals surface area contributed by atoms with E-state index in [4.69, 9.17) is 0 Å². The van der Waals surface area contributed by atoms with Gasteiger partial charge in [-0.3, -0.25) is 9.36 Å². The highest BCUT2D eigenvalue weighted by molar-refractivity contribution is 7.98. The van der Waals surface area contributed by atoms with Crippen molar-refractivity contribution in [3.05, 3.63) is 70.3 Å². The molecule has 11 heteroatoms. The van der Waals surface area contributed by atoms with Gasteiger partial charge < -0.3 is 0 Å². The molecule has 0 radical (unpaired) electrons. The summed E-state index contributed by atoms with van der Waals surface area (Å²) in [5.74, 6) is 0.698. The zero-order valence-electron chi connectivity index (χ0n) is 15.7. The van der Waals surface area contributed by atoms with Crippen molar-refractivity contribution in [2.24, 2.45) is 0 Å². The summed E-state index contributed by atoms with van der Waals surface area (Å²) in [4.78, 5) is 17.3. The van der Waals surface area contributed by atoms with Crippen molar-refractivity contribution in [1.29, 1.82) is 0 Å². The SMILES string of the molecule is CCn1c(SCc2nnnn2-c2ccc(C(F)(F)F)cc2)nc2ccccc2c1=O. The number of para-hydroxylation sites is 1. The van der Waals surface area contributed by atoms with Crippen molar-refractivity contribution in [2.45, 2.75) is 30.6 Å². The number of benzene rings is 2. The van der Waals surface area contributed by atoms with Gasteiger partial charge in [0.1, 0.15) is 0 Å². The van der Waals surface area contributed by atoms with Crippen LogP contribution in [0.2, 0.25) is 0 Å². The van der Waals surface area contributed by atoms with Crippen molar-refractivity contribution in [2.75, 3.05) is 0 Å². The van der Waals surface area contributed by atoms with Gasteiger partial charge in [0.05, 0.1) is 27.9 Å². The predicted molar refractivity (Wildman–Crippen MR) is 105 cm³/mol. The Morgan fingerprint density at radius 1 is 1.07 bits per heavy atom. The first kappa shape index (κ1) is 20.1. The lowest BCUT2D eigenvalue weighted by Gasteiger charge is -2.11. The molecule has 0 N–H and O–H groups in total. The average molecular weight is 432 g/mol. The molecule has 0 aliphatic carbocycles. The summed E-state index contributed by atoms with van der Waals surface area (Å²) >= 11 is 1.28. The minimum Gasteiger partial charge on any atom is -0.287 e. The van der Waals surface area contributed by atoms with Gasteiger partial charge in [-0.25, -0.2) is 4.98 Å². The Bertz CT molecular complexity index is 1250. The Labute approximate surface area is 172 Å². The number of aromatic nitrogens is 6. The third kappa shape index (κ3) is 3.80. The lowest BCUT2D eigenvalue weighted by atomic mass is 10.2. The van der Waals surface area contributed by atoms with Crippen LogP contribution in [0.4, 0.5) is 13.2 Å². The quantitative estimate of drug-likeness (QED) is 0.354. The third-order valence-electron chi connectivity index (χ3n) is 4.45. The summed E-state index contributed by atoms with van der Waals surface area (Å²) in [5, 5.41) is 12.5. The fraction of sp³-hybridized carbons (Fsp3) is 0.211. The van der Waals surface area contributed by atoms with E-state index in [9.17, 15) is 18.0 Å². The number of halogens is 3. The maximum atomic E-state index is 12.8. The van der Waals surface area contributed by atoms with E-state index in [1.807, 2.05) is 13.0 Å². The molecule has 0 spiro atoms. The van der Waals surface area contributed by atoms with Gasteiger partial charge in [-0.2, -0.15) is 17.9 Å². The number of alkyl halides is 3. The first-order valence-corrected chi connectivity index (χ1v) is 9.94. The van der Waals surface area contributed by atoms with Crippen LogP contribution < -0.4 is 5.56 Å². The zero-order valence-corrected chi connectivity index (χ0v) is 16.5. The van der Waals surface area contributed by atoms with Gasteiger partial charge in [0.25, 0.3) is 5.56 Å². The molecular weight excluding hydrogens is 417 g/mol. The molecule has 0 aliphatic heterocycles. The molecule has 0 aliphatic rings. The van der Waals surface area contributed by atoms with Crippen LogP contribution in [0, 0.1) is 0 Å². The smallest absolute Gasteiger partial charge is 0.287 e. The molecule has 0 saturated heterocycles. The maximum absolute atomic E-state index is 12.8. The van der Waals surface area contributed by atoms with Crippen molar-refractivity contribution in [1.82, 2.24) is 29.8 Å². The van der Waals surface area contributed by atoms with Crippen LogP contribution >= 0.6 is 11.8 Å². The van der Waals surface area contributed by atoms with E-state index in [1.165, 1.54) is 28.6 Å². The van der Waals surface area contributed by atoms with Gasteiger partial charge >= 0.3 is 6.18 Å². The highest BCUT2D eigenvalue weighted by Crippen LogP contribution is 2.30. The Kier molecular flexibility index (Phi) is 5.29. The number of nitrogens with zero attached hydrogens (tertiary/aromatic N) is 6. The average Bonchev–Trinajstić information content (AvgIpc) is 3.20. The van der Waals surface area contributed by atoms with Crippen LogP contribution in [0.1, 0.15) is 18.3 Å². The third-order valence-corrected chi connectivity index (χ3v) is 5.42. The first-order chi connectivity index (χ1) is 14.4. The summed E-state index contributed by atoms with van der Waals surface area (Å²) in [6.45, 7) is 2.30. The molecule has 154 valence electrons. The topological polar surface area (TPSA) is 78.5 Å². The molecule has 0 fully saturated rings. The molecule has 0 unspecified atom stereocenters. The van der Waals surface area contributed by atoms with E-state index in [-0.39, 0.29) is 11.3 Å². The fourth-order valence-electron chi connectivity index (χ4n) is 2.95. The zero-order chi connectivity index (χ0) is 21.3.